The van der Waals surface area contributed by atoms with E-state index < -0.39 is 0 Å². The summed E-state index contributed by atoms with van der Waals surface area (Å²) < 4.78 is 6.58. The van der Waals surface area contributed by atoms with E-state index >= 15 is 0 Å². The van der Waals surface area contributed by atoms with Gasteiger partial charge in [0.25, 0.3) is 0 Å². The van der Waals surface area contributed by atoms with Crippen molar-refractivity contribution in [3.63, 3.8) is 0 Å². The third kappa shape index (κ3) is 3.67. The van der Waals surface area contributed by atoms with Crippen LogP contribution in [0.1, 0.15) is 15.2 Å². The van der Waals surface area contributed by atoms with E-state index in [9.17, 15) is 4.79 Å². The van der Waals surface area contributed by atoms with Crippen molar-refractivity contribution in [3.8, 4) is 22.6 Å². The third-order valence-corrected chi connectivity index (χ3v) is 6.82. The Morgan fingerprint density at radius 1 is 1.06 bits per heavy atom. The molecule has 5 aromatic rings. The molecule has 0 aliphatic heterocycles. The molecule has 0 bridgehead atoms. The number of aromatic nitrogens is 1. The SMILES string of the molecule is Nc1c(C(=O)c2ccc(Br)cc2)sc2nc(-c3ccc(Cl)cc3)cc(-c3ccco3)c12. The van der Waals surface area contributed by atoms with Crippen LogP contribution < -0.4 is 5.73 Å². The minimum atomic E-state index is -0.133. The molecule has 2 N–H and O–H groups in total. The van der Waals surface area contributed by atoms with Crippen molar-refractivity contribution in [2.45, 2.75) is 0 Å². The van der Waals surface area contributed by atoms with Crippen LogP contribution in [0.25, 0.3) is 32.8 Å². The fourth-order valence-corrected chi connectivity index (χ4v) is 4.89. The monoisotopic (exact) mass is 508 g/mol. The van der Waals surface area contributed by atoms with E-state index in [1.54, 1.807) is 18.4 Å². The Balaban J connectivity index is 1.73. The van der Waals surface area contributed by atoms with E-state index in [2.05, 4.69) is 15.9 Å². The van der Waals surface area contributed by atoms with Crippen molar-refractivity contribution in [2.24, 2.45) is 0 Å². The summed E-state index contributed by atoms with van der Waals surface area (Å²) in [7, 11) is 0. The molecule has 4 nitrogen and oxygen atoms in total. The minimum absolute atomic E-state index is 0.133. The number of hydrogen-bond donors (Lipinski definition) is 1. The van der Waals surface area contributed by atoms with E-state index in [0.29, 0.717) is 31.7 Å². The zero-order chi connectivity index (χ0) is 21.5. The number of furan rings is 1. The second-order valence-corrected chi connectivity index (χ2v) is 9.25. The molecule has 3 heterocycles. The zero-order valence-electron chi connectivity index (χ0n) is 15.9. The predicted molar refractivity (Wildman–Crippen MR) is 130 cm³/mol. The molecule has 0 unspecified atom stereocenters. The van der Waals surface area contributed by atoms with E-state index in [1.165, 1.54) is 11.3 Å². The van der Waals surface area contributed by atoms with Crippen LogP contribution in [0.2, 0.25) is 5.02 Å². The minimum Gasteiger partial charge on any atom is -0.464 e. The highest BCUT2D eigenvalue weighted by molar-refractivity contribution is 9.10. The maximum atomic E-state index is 13.2. The number of nitrogens with zero attached hydrogens (tertiary/aromatic N) is 1. The third-order valence-electron chi connectivity index (χ3n) is 4.94. The van der Waals surface area contributed by atoms with Crippen LogP contribution >= 0.6 is 38.9 Å². The van der Waals surface area contributed by atoms with Crippen molar-refractivity contribution in [1.82, 2.24) is 4.98 Å². The predicted octanol–water partition coefficient (Wildman–Crippen LogP) is 7.45. The van der Waals surface area contributed by atoms with Gasteiger partial charge < -0.3 is 10.2 Å². The van der Waals surface area contributed by atoms with E-state index in [1.807, 2.05) is 54.6 Å². The van der Waals surface area contributed by atoms with Crippen LogP contribution in [-0.2, 0) is 0 Å². The first kappa shape index (κ1) is 20.0. The highest BCUT2D eigenvalue weighted by Gasteiger charge is 2.23. The van der Waals surface area contributed by atoms with E-state index in [4.69, 9.17) is 26.7 Å². The fraction of sp³-hybridized carbons (Fsp3) is 0. The smallest absolute Gasteiger partial charge is 0.205 e. The average molecular weight is 510 g/mol. The van der Waals surface area contributed by atoms with Crippen LogP contribution in [0.3, 0.4) is 0 Å². The Morgan fingerprint density at radius 2 is 1.81 bits per heavy atom. The zero-order valence-corrected chi connectivity index (χ0v) is 19.1. The molecule has 7 heteroatoms. The number of benzene rings is 2. The molecule has 0 saturated heterocycles. The van der Waals surface area contributed by atoms with Crippen LogP contribution in [-0.4, -0.2) is 10.8 Å². The molecular formula is C24H14BrClN2O2S. The summed E-state index contributed by atoms with van der Waals surface area (Å²) in [6.45, 7) is 0. The number of hydrogen-bond acceptors (Lipinski definition) is 5. The first-order chi connectivity index (χ1) is 15.0. The van der Waals surface area contributed by atoms with Crippen LogP contribution in [0.4, 0.5) is 5.69 Å². The largest absolute Gasteiger partial charge is 0.464 e. The molecule has 0 aliphatic rings. The van der Waals surface area contributed by atoms with Gasteiger partial charge in [0.15, 0.2) is 0 Å². The molecule has 2 aromatic carbocycles. The molecule has 0 aliphatic carbocycles. The maximum absolute atomic E-state index is 13.2. The first-order valence-corrected chi connectivity index (χ1v) is 11.3. The lowest BCUT2D eigenvalue weighted by molar-refractivity contribution is 0.104. The number of nitrogen functional groups attached to an aromatic ring is 1. The molecule has 0 fully saturated rings. The van der Waals surface area contributed by atoms with Gasteiger partial charge in [-0.05, 0) is 54.6 Å². The van der Waals surface area contributed by atoms with Gasteiger partial charge in [0.05, 0.1) is 17.6 Å². The lowest BCUT2D eigenvalue weighted by Crippen LogP contribution is -2.02. The van der Waals surface area contributed by atoms with Crippen LogP contribution in [0.15, 0.2) is 81.9 Å². The highest BCUT2D eigenvalue weighted by Crippen LogP contribution is 2.42. The van der Waals surface area contributed by atoms with Crippen molar-refractivity contribution in [3.05, 3.63) is 92.9 Å². The molecule has 5 rings (SSSR count). The van der Waals surface area contributed by atoms with Gasteiger partial charge in [-0.25, -0.2) is 4.98 Å². The topological polar surface area (TPSA) is 69.1 Å². The summed E-state index contributed by atoms with van der Waals surface area (Å²) in [5.74, 6) is 0.529. The molecule has 0 saturated carbocycles. The number of carbonyl (C=O) groups is 1. The van der Waals surface area contributed by atoms with Crippen molar-refractivity contribution < 1.29 is 9.21 Å². The second kappa shape index (κ2) is 7.96. The molecular weight excluding hydrogens is 496 g/mol. The van der Waals surface area contributed by atoms with Crippen molar-refractivity contribution in [1.29, 1.82) is 0 Å². The Morgan fingerprint density at radius 3 is 2.48 bits per heavy atom. The maximum Gasteiger partial charge on any atom is 0.205 e. The number of rotatable bonds is 4. The van der Waals surface area contributed by atoms with Crippen LogP contribution in [0, 0.1) is 0 Å². The highest BCUT2D eigenvalue weighted by atomic mass is 79.9. The Hall–Kier alpha value is -2.93. The number of ketones is 1. The van der Waals surface area contributed by atoms with Gasteiger partial charge >= 0.3 is 0 Å². The molecule has 0 atom stereocenters. The van der Waals surface area contributed by atoms with Crippen LogP contribution in [0.5, 0.6) is 0 Å². The Labute approximate surface area is 195 Å². The number of nitrogens with two attached hydrogens (primary N) is 1. The number of halogens is 2. The molecule has 0 amide bonds. The fourth-order valence-electron chi connectivity index (χ4n) is 3.42. The van der Waals surface area contributed by atoms with E-state index in [-0.39, 0.29) is 5.78 Å². The summed E-state index contributed by atoms with van der Waals surface area (Å²) in [4.78, 5) is 19.1. The lowest BCUT2D eigenvalue weighted by atomic mass is 10.0. The number of anilines is 1. The summed E-state index contributed by atoms with van der Waals surface area (Å²) in [6.07, 6.45) is 1.61. The summed E-state index contributed by atoms with van der Waals surface area (Å²) in [5.41, 5.74) is 9.94. The summed E-state index contributed by atoms with van der Waals surface area (Å²) in [5, 5.41) is 1.37. The first-order valence-electron chi connectivity index (χ1n) is 9.34. The summed E-state index contributed by atoms with van der Waals surface area (Å²) in [6, 6.07) is 20.3. The normalized spacial score (nSPS) is 11.2. The molecule has 0 radical (unpaired) electrons. The summed E-state index contributed by atoms with van der Waals surface area (Å²) >= 11 is 10.7. The number of pyridine rings is 1. The average Bonchev–Trinajstić information content (AvgIpc) is 3.42. The van der Waals surface area contributed by atoms with Gasteiger partial charge in [-0.2, -0.15) is 0 Å². The number of fused-ring (bicyclic) bond motifs is 1. The van der Waals surface area contributed by atoms with Crippen molar-refractivity contribution >= 4 is 60.6 Å². The van der Waals surface area contributed by atoms with Gasteiger partial charge in [-0.3, -0.25) is 4.79 Å². The number of carbonyl (C=O) groups excluding carboxylic acids is 1. The number of thiophene rings is 1. The molecule has 0 spiro atoms. The van der Waals surface area contributed by atoms with Gasteiger partial charge in [-0.15, -0.1) is 11.3 Å². The molecule has 31 heavy (non-hydrogen) atoms. The van der Waals surface area contributed by atoms with Gasteiger partial charge in [0.1, 0.15) is 15.5 Å². The second-order valence-electron chi connectivity index (χ2n) is 6.90. The van der Waals surface area contributed by atoms with E-state index in [0.717, 1.165) is 26.7 Å². The van der Waals surface area contributed by atoms with Crippen molar-refractivity contribution in [2.75, 3.05) is 5.73 Å². The quantitative estimate of drug-likeness (QED) is 0.255. The molecule has 152 valence electrons. The van der Waals surface area contributed by atoms with Gasteiger partial charge in [0, 0.05) is 31.6 Å². The molecule has 3 aromatic heterocycles. The van der Waals surface area contributed by atoms with Gasteiger partial charge in [-0.1, -0.05) is 39.7 Å². The Bertz CT molecular complexity index is 1410. The van der Waals surface area contributed by atoms with Gasteiger partial charge in [0.2, 0.25) is 5.78 Å². The lowest BCUT2D eigenvalue weighted by Gasteiger charge is -2.07. The standard InChI is InChI=1S/C24H14BrClN2O2S/c25-15-7-3-14(4-8-15)22(29)23-21(27)20-17(19-2-1-11-30-19)12-18(28-24(20)31-23)13-5-9-16(26)10-6-13/h1-12H,27H2. The Kier molecular flexibility index (Phi) is 5.14.